The molecule has 0 aliphatic carbocycles. The molecule has 3 atom stereocenters. The molecule has 1 rings (SSSR count). The Morgan fingerprint density at radius 2 is 2.31 bits per heavy atom. The third kappa shape index (κ3) is 3.91. The molecule has 4 heteroatoms. The largest absolute Gasteiger partial charge is 0.380 e. The minimum atomic E-state index is 0.386. The minimum Gasteiger partial charge on any atom is -0.380 e. The lowest BCUT2D eigenvalue weighted by Gasteiger charge is -2.40. The van der Waals surface area contributed by atoms with E-state index in [0.29, 0.717) is 18.1 Å². The highest BCUT2D eigenvalue weighted by molar-refractivity contribution is 7.98. The number of nitrogens with two attached hydrogens (primary N) is 1. The standard InChI is InChI=1S/C12H26N2OS/c1-10-4-6-14(9-12(10)15-2)11(8-13)5-7-16-3/h10-12H,4-9,13H2,1-3H3. The lowest BCUT2D eigenvalue weighted by Crippen LogP contribution is -2.51. The van der Waals surface area contributed by atoms with Crippen molar-refractivity contribution in [3.8, 4) is 0 Å². The molecule has 0 radical (unpaired) electrons. The molecule has 16 heavy (non-hydrogen) atoms. The van der Waals surface area contributed by atoms with E-state index in [4.69, 9.17) is 10.5 Å². The fraction of sp³-hybridized carbons (Fsp3) is 1.00. The smallest absolute Gasteiger partial charge is 0.0724 e. The van der Waals surface area contributed by atoms with Crippen molar-refractivity contribution in [2.45, 2.75) is 31.9 Å². The van der Waals surface area contributed by atoms with Crippen LogP contribution >= 0.6 is 11.8 Å². The molecule has 3 nitrogen and oxygen atoms in total. The normalized spacial score (nSPS) is 29.2. The van der Waals surface area contributed by atoms with Crippen molar-refractivity contribution < 1.29 is 4.74 Å². The van der Waals surface area contributed by atoms with Gasteiger partial charge in [-0.2, -0.15) is 11.8 Å². The van der Waals surface area contributed by atoms with Gasteiger partial charge in [0, 0.05) is 26.2 Å². The average molecular weight is 246 g/mol. The molecule has 1 saturated heterocycles. The number of methoxy groups -OCH3 is 1. The van der Waals surface area contributed by atoms with Gasteiger partial charge in [0.2, 0.25) is 0 Å². The molecule has 1 heterocycles. The van der Waals surface area contributed by atoms with Crippen LogP contribution in [0.15, 0.2) is 0 Å². The van der Waals surface area contributed by atoms with Crippen LogP contribution < -0.4 is 5.73 Å². The number of piperidine rings is 1. The number of nitrogens with zero attached hydrogens (tertiary/aromatic N) is 1. The quantitative estimate of drug-likeness (QED) is 0.769. The second kappa shape index (κ2) is 7.54. The van der Waals surface area contributed by atoms with Crippen LogP contribution in [0, 0.1) is 5.92 Å². The fourth-order valence-electron chi connectivity index (χ4n) is 2.40. The van der Waals surface area contributed by atoms with Gasteiger partial charge in [0.05, 0.1) is 6.10 Å². The zero-order chi connectivity index (χ0) is 12.0. The number of rotatable bonds is 6. The van der Waals surface area contributed by atoms with Crippen molar-refractivity contribution in [3.05, 3.63) is 0 Å². The number of thioether (sulfide) groups is 1. The summed E-state index contributed by atoms with van der Waals surface area (Å²) in [4.78, 5) is 2.52. The number of likely N-dealkylation sites (tertiary alicyclic amines) is 1. The van der Waals surface area contributed by atoms with Crippen LogP contribution in [0.5, 0.6) is 0 Å². The molecule has 1 fully saturated rings. The molecule has 0 aromatic carbocycles. The number of ether oxygens (including phenoxy) is 1. The lowest BCUT2D eigenvalue weighted by molar-refractivity contribution is -0.0181. The SMILES string of the molecule is COC1CN(C(CN)CCSC)CCC1C. The van der Waals surface area contributed by atoms with E-state index in [1.807, 2.05) is 18.9 Å². The molecule has 0 aromatic heterocycles. The molecule has 96 valence electrons. The monoisotopic (exact) mass is 246 g/mol. The number of hydrogen-bond acceptors (Lipinski definition) is 4. The summed E-state index contributed by atoms with van der Waals surface area (Å²) >= 11 is 1.90. The van der Waals surface area contributed by atoms with Gasteiger partial charge in [0.25, 0.3) is 0 Å². The first-order valence-electron chi connectivity index (χ1n) is 6.18. The number of hydrogen-bond donors (Lipinski definition) is 1. The molecule has 0 aromatic rings. The third-order valence-electron chi connectivity index (χ3n) is 3.67. The van der Waals surface area contributed by atoms with Gasteiger partial charge in [-0.25, -0.2) is 0 Å². The van der Waals surface area contributed by atoms with Gasteiger partial charge in [-0.15, -0.1) is 0 Å². The minimum absolute atomic E-state index is 0.386. The van der Waals surface area contributed by atoms with Gasteiger partial charge >= 0.3 is 0 Å². The van der Waals surface area contributed by atoms with E-state index < -0.39 is 0 Å². The van der Waals surface area contributed by atoms with Crippen LogP contribution in [-0.4, -0.2) is 55.8 Å². The van der Waals surface area contributed by atoms with Crippen molar-refractivity contribution in [2.75, 3.05) is 38.8 Å². The maximum absolute atomic E-state index is 5.87. The molecular weight excluding hydrogens is 220 g/mol. The summed E-state index contributed by atoms with van der Waals surface area (Å²) in [6.45, 7) is 5.28. The predicted octanol–water partition coefficient (Wildman–Crippen LogP) is 1.42. The molecule has 0 spiro atoms. The van der Waals surface area contributed by atoms with Crippen LogP contribution in [0.25, 0.3) is 0 Å². The van der Waals surface area contributed by atoms with Crippen molar-refractivity contribution in [2.24, 2.45) is 11.7 Å². The summed E-state index contributed by atoms with van der Waals surface area (Å²) in [7, 11) is 1.82. The Hall–Kier alpha value is 0.230. The van der Waals surface area contributed by atoms with Crippen molar-refractivity contribution in [1.82, 2.24) is 4.90 Å². The Labute approximate surface area is 104 Å². The lowest BCUT2D eigenvalue weighted by atomic mass is 9.94. The highest BCUT2D eigenvalue weighted by atomic mass is 32.2. The Morgan fingerprint density at radius 3 is 2.88 bits per heavy atom. The van der Waals surface area contributed by atoms with Crippen LogP contribution in [0.4, 0.5) is 0 Å². The first-order chi connectivity index (χ1) is 7.72. The first-order valence-corrected chi connectivity index (χ1v) is 7.58. The second-order valence-corrected chi connectivity index (χ2v) is 5.69. The molecular formula is C12H26N2OS. The molecule has 0 amide bonds. The maximum atomic E-state index is 5.87. The van der Waals surface area contributed by atoms with Crippen molar-refractivity contribution >= 4 is 11.8 Å². The summed E-state index contributed by atoms with van der Waals surface area (Å²) < 4.78 is 5.55. The van der Waals surface area contributed by atoms with Crippen LogP contribution in [-0.2, 0) is 4.74 Å². The molecule has 0 bridgehead atoms. The van der Waals surface area contributed by atoms with Crippen LogP contribution in [0.1, 0.15) is 19.8 Å². The molecule has 3 unspecified atom stereocenters. The zero-order valence-electron chi connectivity index (χ0n) is 10.8. The van der Waals surface area contributed by atoms with Gasteiger partial charge in [-0.1, -0.05) is 6.92 Å². The Kier molecular flexibility index (Phi) is 6.73. The van der Waals surface area contributed by atoms with Gasteiger partial charge in [0.1, 0.15) is 0 Å². The van der Waals surface area contributed by atoms with E-state index in [1.165, 1.54) is 25.1 Å². The molecule has 1 aliphatic heterocycles. The van der Waals surface area contributed by atoms with E-state index >= 15 is 0 Å². The topological polar surface area (TPSA) is 38.5 Å². The second-order valence-electron chi connectivity index (χ2n) is 4.71. The Balaban J connectivity index is 2.45. The maximum Gasteiger partial charge on any atom is 0.0724 e. The first kappa shape index (κ1) is 14.3. The summed E-state index contributed by atoms with van der Waals surface area (Å²) in [6, 6.07) is 0.539. The van der Waals surface area contributed by atoms with E-state index in [1.54, 1.807) is 0 Å². The fourth-order valence-corrected chi connectivity index (χ4v) is 2.91. The van der Waals surface area contributed by atoms with Crippen LogP contribution in [0.3, 0.4) is 0 Å². The third-order valence-corrected chi connectivity index (χ3v) is 4.31. The van der Waals surface area contributed by atoms with Crippen LogP contribution in [0.2, 0.25) is 0 Å². The van der Waals surface area contributed by atoms with Crippen molar-refractivity contribution in [1.29, 1.82) is 0 Å². The summed E-state index contributed by atoms with van der Waals surface area (Å²) in [5, 5.41) is 0. The zero-order valence-corrected chi connectivity index (χ0v) is 11.6. The Bertz CT molecular complexity index is 192. The Morgan fingerprint density at radius 1 is 1.56 bits per heavy atom. The van der Waals surface area contributed by atoms with E-state index in [9.17, 15) is 0 Å². The van der Waals surface area contributed by atoms with Gasteiger partial charge in [0.15, 0.2) is 0 Å². The highest BCUT2D eigenvalue weighted by Gasteiger charge is 2.29. The van der Waals surface area contributed by atoms with E-state index in [2.05, 4.69) is 18.1 Å². The van der Waals surface area contributed by atoms with Crippen molar-refractivity contribution in [3.63, 3.8) is 0 Å². The summed E-state index contributed by atoms with van der Waals surface area (Å²) in [5.74, 6) is 1.88. The molecule has 0 saturated carbocycles. The van der Waals surface area contributed by atoms with Gasteiger partial charge < -0.3 is 10.5 Å². The molecule has 1 aliphatic rings. The van der Waals surface area contributed by atoms with E-state index in [0.717, 1.165) is 13.1 Å². The highest BCUT2D eigenvalue weighted by Crippen LogP contribution is 2.22. The predicted molar refractivity (Wildman–Crippen MR) is 72.0 cm³/mol. The summed E-state index contributed by atoms with van der Waals surface area (Å²) in [5.41, 5.74) is 5.87. The van der Waals surface area contributed by atoms with Gasteiger partial charge in [-0.05, 0) is 37.3 Å². The molecule has 2 N–H and O–H groups in total. The van der Waals surface area contributed by atoms with E-state index in [-0.39, 0.29) is 0 Å². The van der Waals surface area contributed by atoms with Gasteiger partial charge in [-0.3, -0.25) is 4.90 Å². The summed E-state index contributed by atoms with van der Waals surface area (Å²) in [6.07, 6.45) is 4.97. The average Bonchev–Trinajstić information content (AvgIpc) is 2.32.